The van der Waals surface area contributed by atoms with Crippen LogP contribution in [0.5, 0.6) is 0 Å². The van der Waals surface area contributed by atoms with Gasteiger partial charge in [0.1, 0.15) is 23.9 Å². The first kappa shape index (κ1) is 58.9. The summed E-state index contributed by atoms with van der Waals surface area (Å²) in [5, 5.41) is 35.0. The van der Waals surface area contributed by atoms with Crippen molar-refractivity contribution in [1.29, 1.82) is 0 Å². The number of nitrogens with zero attached hydrogens (tertiary/aromatic N) is 2. The molecule has 3 saturated heterocycles. The molecule has 4 heterocycles. The highest BCUT2D eigenvalue weighted by Gasteiger charge is 2.56. The Bertz CT molecular complexity index is 1950. The summed E-state index contributed by atoms with van der Waals surface area (Å²) < 4.78 is 65.2. The van der Waals surface area contributed by atoms with E-state index in [-0.39, 0.29) is 37.2 Å². The Morgan fingerprint density at radius 1 is 0.775 bits per heavy atom. The van der Waals surface area contributed by atoms with E-state index in [2.05, 4.69) is 0 Å². The van der Waals surface area contributed by atoms with E-state index in [0.29, 0.717) is 17.6 Å². The number of Topliss-reactive ketones (excluding diaryl/α,β-unsaturated/α-hetero) is 1. The third-order valence-electron chi connectivity index (χ3n) is 15.5. The van der Waals surface area contributed by atoms with Gasteiger partial charge in [-0.05, 0) is 127 Å². The van der Waals surface area contributed by atoms with Crippen LogP contribution in [-0.2, 0) is 57.0 Å². The first-order valence-electron chi connectivity index (χ1n) is 25.3. The van der Waals surface area contributed by atoms with Crippen LogP contribution in [-0.4, -0.2) is 194 Å². The molecule has 1 aromatic rings. The summed E-state index contributed by atoms with van der Waals surface area (Å²) >= 11 is 0. The molecule has 0 saturated carbocycles. The smallest absolute Gasteiger partial charge is 0.338 e. The van der Waals surface area contributed by atoms with Gasteiger partial charge in [0.2, 0.25) is 0 Å². The number of likely N-dealkylation sites (N-methyl/N-ethyl adjacent to an activating group) is 2. The maximum Gasteiger partial charge on any atom is 0.338 e. The number of aliphatic hydroxyl groups is 3. The number of carbonyl (C=O) groups is 3. The van der Waals surface area contributed by atoms with E-state index < -0.39 is 126 Å². The third-order valence-corrected chi connectivity index (χ3v) is 15.5. The Morgan fingerprint density at radius 2 is 1.38 bits per heavy atom. The lowest BCUT2D eigenvalue weighted by Crippen LogP contribution is -2.66. The van der Waals surface area contributed by atoms with E-state index in [9.17, 15) is 29.7 Å². The molecule has 4 aliphatic heterocycles. The molecule has 1 aromatic carbocycles. The molecule has 4 aliphatic rings. The normalized spacial score (nSPS) is 44.1. The minimum Gasteiger partial charge on any atom is -0.459 e. The fourth-order valence-electron chi connectivity index (χ4n) is 11.3. The zero-order valence-corrected chi connectivity index (χ0v) is 45.2. The second kappa shape index (κ2) is 24.2. The maximum atomic E-state index is 14.6. The van der Waals surface area contributed by atoms with Crippen LogP contribution in [0.15, 0.2) is 42.0 Å². The van der Waals surface area contributed by atoms with Gasteiger partial charge in [-0.1, -0.05) is 39.0 Å². The Hall–Kier alpha value is -2.95. The lowest BCUT2D eigenvalue weighted by Gasteiger charge is -2.52. The molecule has 0 aromatic heterocycles. The molecule has 21 atom stereocenters. The molecule has 3 fully saturated rings. The standard InChI is InChI=1S/C53H86N2O16/c1-18-37-51(9,61)25-28(2)40(56)29(3)26-52(10,62-16)45(70-49-42(58)36(54(12)13)24-30(4)64-49)31(5)43(32(6)47(59)67-37)68-38-27-53(11,63-17)46(34(8)65-38)71-50-44(39(55(14)15)41(57)33(7)66-50)69-48(60)35-22-20-19-21-23-35/h19-23,25,29-34,36-39,41-46,49-50,57-58,61H,18,24,26-27H2,1-17H3/b28-25+/t29-,30-,31+,32-,33-,34+,36+,37-,38+,39+,41-,42-,43+,44-,45-,46+,49+,50+,51+,52+,53-/m1/s1. The molecule has 404 valence electrons. The molecule has 18 nitrogen and oxygen atoms in total. The number of ketones is 1. The number of benzene rings is 1. The van der Waals surface area contributed by atoms with Crippen LogP contribution in [0.1, 0.15) is 112 Å². The van der Waals surface area contributed by atoms with E-state index in [1.165, 1.54) is 20.1 Å². The maximum absolute atomic E-state index is 14.6. The number of aliphatic hydroxyl groups excluding tert-OH is 2. The van der Waals surface area contributed by atoms with E-state index >= 15 is 0 Å². The highest BCUT2D eigenvalue weighted by Crippen LogP contribution is 2.43. The molecular weight excluding hydrogens is 921 g/mol. The summed E-state index contributed by atoms with van der Waals surface area (Å²) in [6.07, 6.45) is -9.93. The van der Waals surface area contributed by atoms with Crippen LogP contribution >= 0.6 is 0 Å². The second-order valence-corrected chi connectivity index (χ2v) is 21.7. The first-order valence-corrected chi connectivity index (χ1v) is 25.3. The summed E-state index contributed by atoms with van der Waals surface area (Å²) in [5.74, 6) is -3.99. The van der Waals surface area contributed by atoms with Gasteiger partial charge >= 0.3 is 11.9 Å². The highest BCUT2D eigenvalue weighted by atomic mass is 16.7. The summed E-state index contributed by atoms with van der Waals surface area (Å²) in [6, 6.07) is 7.50. The number of ether oxygens (including phenoxy) is 10. The first-order chi connectivity index (χ1) is 33.1. The van der Waals surface area contributed by atoms with Gasteiger partial charge in [-0.2, -0.15) is 0 Å². The van der Waals surface area contributed by atoms with Crippen LogP contribution in [0.4, 0.5) is 0 Å². The van der Waals surface area contributed by atoms with E-state index in [4.69, 9.17) is 47.4 Å². The number of hydrogen-bond donors (Lipinski definition) is 3. The minimum absolute atomic E-state index is 0.0570. The van der Waals surface area contributed by atoms with Crippen molar-refractivity contribution in [2.24, 2.45) is 17.8 Å². The number of methoxy groups -OCH3 is 2. The number of rotatable bonds is 13. The summed E-state index contributed by atoms with van der Waals surface area (Å²) in [6.45, 7) is 19.4. The summed E-state index contributed by atoms with van der Waals surface area (Å²) in [5.41, 5.74) is -3.53. The molecule has 0 aliphatic carbocycles. The van der Waals surface area contributed by atoms with Crippen LogP contribution in [0, 0.1) is 17.8 Å². The molecule has 0 unspecified atom stereocenters. The quantitative estimate of drug-likeness (QED) is 0.229. The Labute approximate surface area is 421 Å². The summed E-state index contributed by atoms with van der Waals surface area (Å²) in [4.78, 5) is 46.1. The number of allylic oxidation sites excluding steroid dienone is 1. The zero-order valence-electron chi connectivity index (χ0n) is 45.2. The molecule has 71 heavy (non-hydrogen) atoms. The fourth-order valence-corrected chi connectivity index (χ4v) is 11.3. The number of carbonyl (C=O) groups excluding carboxylic acids is 3. The van der Waals surface area contributed by atoms with Crippen molar-refractivity contribution in [3.8, 4) is 0 Å². The van der Waals surface area contributed by atoms with Gasteiger partial charge < -0.3 is 72.5 Å². The van der Waals surface area contributed by atoms with Crippen LogP contribution in [0.3, 0.4) is 0 Å². The Morgan fingerprint density at radius 3 is 1.96 bits per heavy atom. The largest absolute Gasteiger partial charge is 0.459 e. The van der Waals surface area contributed by atoms with Gasteiger partial charge in [-0.15, -0.1) is 0 Å². The van der Waals surface area contributed by atoms with Gasteiger partial charge in [-0.25, -0.2) is 4.79 Å². The molecule has 3 N–H and O–H groups in total. The lowest BCUT2D eigenvalue weighted by atomic mass is 9.76. The van der Waals surface area contributed by atoms with Crippen molar-refractivity contribution in [2.45, 2.75) is 211 Å². The predicted molar refractivity (Wildman–Crippen MR) is 262 cm³/mol. The average Bonchev–Trinajstić information content (AvgIpc) is 3.31. The van der Waals surface area contributed by atoms with E-state index in [1.807, 2.05) is 46.7 Å². The fraction of sp³-hybridized carbons (Fsp3) is 0.792. The highest BCUT2D eigenvalue weighted by molar-refractivity contribution is 5.96. The van der Waals surface area contributed by atoms with Gasteiger partial charge in [0.15, 0.2) is 30.8 Å². The van der Waals surface area contributed by atoms with Crippen molar-refractivity contribution in [3.05, 3.63) is 47.5 Å². The minimum atomic E-state index is -1.71. The predicted octanol–water partition coefficient (Wildman–Crippen LogP) is 4.67. The van der Waals surface area contributed by atoms with Gasteiger partial charge in [-0.3, -0.25) is 9.59 Å². The second-order valence-electron chi connectivity index (χ2n) is 21.7. The third kappa shape index (κ3) is 13.3. The molecule has 0 amide bonds. The van der Waals surface area contributed by atoms with Gasteiger partial charge in [0.25, 0.3) is 0 Å². The number of cyclic esters (lactones) is 1. The van der Waals surface area contributed by atoms with Crippen molar-refractivity contribution >= 4 is 17.7 Å². The van der Waals surface area contributed by atoms with Crippen LogP contribution in [0.25, 0.3) is 0 Å². The van der Waals surface area contributed by atoms with Crippen LogP contribution < -0.4 is 0 Å². The topological polar surface area (TPSA) is 211 Å². The van der Waals surface area contributed by atoms with Crippen molar-refractivity contribution in [1.82, 2.24) is 9.80 Å². The Balaban J connectivity index is 1.55. The molecule has 5 rings (SSSR count). The lowest BCUT2D eigenvalue weighted by molar-refractivity contribution is -0.354. The van der Waals surface area contributed by atoms with Crippen molar-refractivity contribution in [2.75, 3.05) is 42.4 Å². The molecule has 18 heteroatoms. The summed E-state index contributed by atoms with van der Waals surface area (Å²) in [7, 11) is 10.4. The van der Waals surface area contributed by atoms with Crippen molar-refractivity contribution in [3.63, 3.8) is 0 Å². The SMILES string of the molecule is CC[C@H]1OC(=O)[C@H](C)[C@@H](O[C@H]2C[C@@](C)(OC)[C@@H](O[C@@H]3O[C@H](C)[C@@H](O)[C@H](N(C)C)[C@H]3OC(=O)c3ccccc3)[C@H](C)O2)[C@H](C)[C@@H](O[C@@H]2O[C@H](C)C[C@H](N(C)C)[C@H]2O)[C@@](C)(OC)C[C@@H](C)C(=O)/C(C)=C/[C@]1(C)O. The zero-order chi connectivity index (χ0) is 53.1. The van der Waals surface area contributed by atoms with E-state index in [1.54, 1.807) is 98.0 Å². The molecular formula is C53H86N2O16. The molecule has 0 spiro atoms. The Kier molecular flexibility index (Phi) is 20.0. The van der Waals surface area contributed by atoms with E-state index in [0.717, 1.165) is 0 Å². The monoisotopic (exact) mass is 1010 g/mol. The van der Waals surface area contributed by atoms with Crippen molar-refractivity contribution < 1.29 is 77.1 Å². The number of hydrogen-bond acceptors (Lipinski definition) is 18. The molecule has 0 radical (unpaired) electrons. The number of esters is 2. The van der Waals surface area contributed by atoms with Gasteiger partial charge in [0, 0.05) is 38.5 Å². The van der Waals surface area contributed by atoms with Crippen LogP contribution in [0.2, 0.25) is 0 Å². The molecule has 0 bridgehead atoms. The average molecular weight is 1010 g/mol. The van der Waals surface area contributed by atoms with Gasteiger partial charge in [0.05, 0.1) is 65.3 Å².